The highest BCUT2D eigenvalue weighted by molar-refractivity contribution is 5.88. The van der Waals surface area contributed by atoms with Crippen LogP contribution in [0.15, 0.2) is 24.3 Å². The molecule has 0 fully saturated rings. The van der Waals surface area contributed by atoms with E-state index in [-0.39, 0.29) is 11.5 Å². The molecule has 90 valence electrons. The molecule has 0 bridgehead atoms. The average molecular weight is 238 g/mol. The van der Waals surface area contributed by atoms with Crippen LogP contribution in [0.25, 0.3) is 6.08 Å². The van der Waals surface area contributed by atoms with Gasteiger partial charge in [0, 0.05) is 6.08 Å². The summed E-state index contributed by atoms with van der Waals surface area (Å²) >= 11 is 0. The highest BCUT2D eigenvalue weighted by Crippen LogP contribution is 2.25. The van der Waals surface area contributed by atoms with Gasteiger partial charge in [-0.15, -0.1) is 0 Å². The Hall–Kier alpha value is -2.50. The van der Waals surface area contributed by atoms with Crippen molar-refractivity contribution in [1.29, 1.82) is 0 Å². The number of esters is 1. The largest absolute Gasteiger partial charge is 0.504 e. The van der Waals surface area contributed by atoms with E-state index in [1.165, 1.54) is 24.3 Å². The lowest BCUT2D eigenvalue weighted by Crippen LogP contribution is -2.10. The Bertz CT molecular complexity index is 463. The number of hydrogen-bond donors (Lipinski definition) is 3. The Morgan fingerprint density at radius 2 is 1.94 bits per heavy atom. The molecule has 0 atom stereocenters. The molecule has 0 spiro atoms. The minimum absolute atomic E-state index is 0.268. The zero-order valence-corrected chi connectivity index (χ0v) is 8.66. The fraction of sp³-hybridized carbons (Fsp3) is 0.0909. The molecule has 0 aliphatic carbocycles. The Morgan fingerprint density at radius 3 is 2.53 bits per heavy atom. The van der Waals surface area contributed by atoms with Gasteiger partial charge in [-0.1, -0.05) is 6.07 Å². The average Bonchev–Trinajstić information content (AvgIpc) is 2.28. The van der Waals surface area contributed by atoms with Gasteiger partial charge in [0.2, 0.25) is 0 Å². The summed E-state index contributed by atoms with van der Waals surface area (Å²) in [7, 11) is 0. The molecule has 1 aromatic rings. The van der Waals surface area contributed by atoms with Crippen LogP contribution in [0.1, 0.15) is 5.56 Å². The molecule has 0 saturated heterocycles. The normalized spacial score (nSPS) is 10.4. The van der Waals surface area contributed by atoms with Crippen LogP contribution < -0.4 is 0 Å². The maximum Gasteiger partial charge on any atom is 0.341 e. The number of aliphatic carboxylic acids is 1. The number of aromatic hydroxyl groups is 2. The second kappa shape index (κ2) is 5.55. The first kappa shape index (κ1) is 12.6. The smallest absolute Gasteiger partial charge is 0.341 e. The molecule has 0 amide bonds. The minimum atomic E-state index is -1.24. The number of hydrogen-bond acceptors (Lipinski definition) is 5. The van der Waals surface area contributed by atoms with Crippen molar-refractivity contribution in [2.45, 2.75) is 0 Å². The van der Waals surface area contributed by atoms with Crippen molar-refractivity contribution in [2.24, 2.45) is 0 Å². The molecular formula is C11H10O6. The van der Waals surface area contributed by atoms with Gasteiger partial charge in [0.1, 0.15) is 0 Å². The molecule has 6 heteroatoms. The first-order chi connectivity index (χ1) is 7.99. The van der Waals surface area contributed by atoms with Crippen LogP contribution in [0.5, 0.6) is 11.5 Å². The van der Waals surface area contributed by atoms with Crippen molar-refractivity contribution in [3.05, 3.63) is 29.8 Å². The number of carboxylic acid groups (broad SMARTS) is 1. The van der Waals surface area contributed by atoms with Gasteiger partial charge in [0.05, 0.1) is 0 Å². The molecule has 1 aromatic carbocycles. The summed E-state index contributed by atoms with van der Waals surface area (Å²) in [5.74, 6) is -2.63. The molecule has 0 radical (unpaired) electrons. The topological polar surface area (TPSA) is 104 Å². The van der Waals surface area contributed by atoms with Crippen molar-refractivity contribution >= 4 is 18.0 Å². The summed E-state index contributed by atoms with van der Waals surface area (Å²) in [6.45, 7) is -0.704. The van der Waals surface area contributed by atoms with Gasteiger partial charge >= 0.3 is 11.9 Å². The maximum atomic E-state index is 11.0. The van der Waals surface area contributed by atoms with E-state index < -0.39 is 18.5 Å². The summed E-state index contributed by atoms with van der Waals surface area (Å²) in [5, 5.41) is 26.5. The van der Waals surface area contributed by atoms with Crippen molar-refractivity contribution in [2.75, 3.05) is 6.61 Å². The van der Waals surface area contributed by atoms with E-state index in [1.807, 2.05) is 0 Å². The Balaban J connectivity index is 2.61. The van der Waals surface area contributed by atoms with E-state index >= 15 is 0 Å². The van der Waals surface area contributed by atoms with Gasteiger partial charge in [0.15, 0.2) is 18.1 Å². The van der Waals surface area contributed by atoms with Gasteiger partial charge in [-0.05, 0) is 23.8 Å². The SMILES string of the molecule is O=C(O)COC(=O)/C=C/c1ccc(O)c(O)c1. The molecule has 0 aliphatic heterocycles. The quantitative estimate of drug-likeness (QED) is 0.406. The molecule has 0 saturated carbocycles. The predicted octanol–water partition coefficient (Wildman–Crippen LogP) is 0.739. The van der Waals surface area contributed by atoms with Crippen molar-refractivity contribution in [1.82, 2.24) is 0 Å². The third kappa shape index (κ3) is 4.25. The molecule has 17 heavy (non-hydrogen) atoms. The Morgan fingerprint density at radius 1 is 1.24 bits per heavy atom. The van der Waals surface area contributed by atoms with Crippen LogP contribution in [-0.2, 0) is 14.3 Å². The van der Waals surface area contributed by atoms with Gasteiger partial charge in [-0.2, -0.15) is 0 Å². The number of phenols is 2. The van der Waals surface area contributed by atoms with Gasteiger partial charge in [-0.3, -0.25) is 0 Å². The van der Waals surface area contributed by atoms with Gasteiger partial charge < -0.3 is 20.1 Å². The second-order valence-electron chi connectivity index (χ2n) is 3.08. The van der Waals surface area contributed by atoms with E-state index in [9.17, 15) is 9.59 Å². The lowest BCUT2D eigenvalue weighted by molar-refractivity contribution is -0.151. The third-order valence-electron chi connectivity index (χ3n) is 1.75. The van der Waals surface area contributed by atoms with Crippen LogP contribution >= 0.6 is 0 Å². The van der Waals surface area contributed by atoms with Crippen LogP contribution in [0.4, 0.5) is 0 Å². The summed E-state index contributed by atoms with van der Waals surface area (Å²) in [5.41, 5.74) is 0.465. The number of ether oxygens (including phenoxy) is 1. The molecular weight excluding hydrogens is 228 g/mol. The van der Waals surface area contributed by atoms with Crippen molar-refractivity contribution in [3.63, 3.8) is 0 Å². The third-order valence-corrected chi connectivity index (χ3v) is 1.75. The van der Waals surface area contributed by atoms with E-state index in [1.54, 1.807) is 0 Å². The lowest BCUT2D eigenvalue weighted by Gasteiger charge is -1.99. The van der Waals surface area contributed by atoms with Crippen LogP contribution in [-0.4, -0.2) is 33.9 Å². The fourth-order valence-corrected chi connectivity index (χ4v) is 0.989. The first-order valence-corrected chi connectivity index (χ1v) is 4.57. The van der Waals surface area contributed by atoms with E-state index in [4.69, 9.17) is 15.3 Å². The minimum Gasteiger partial charge on any atom is -0.504 e. The molecule has 6 nitrogen and oxygen atoms in total. The van der Waals surface area contributed by atoms with Crippen LogP contribution in [0, 0.1) is 0 Å². The molecule has 0 heterocycles. The first-order valence-electron chi connectivity index (χ1n) is 4.57. The summed E-state index contributed by atoms with van der Waals surface area (Å²) in [4.78, 5) is 21.1. The molecule has 1 rings (SSSR count). The van der Waals surface area contributed by atoms with E-state index in [0.29, 0.717) is 5.56 Å². The van der Waals surface area contributed by atoms with Crippen LogP contribution in [0.3, 0.4) is 0 Å². The summed E-state index contributed by atoms with van der Waals surface area (Å²) in [6.07, 6.45) is 2.35. The standard InChI is InChI=1S/C11H10O6/c12-8-3-1-7(5-9(8)13)2-4-11(16)17-6-10(14)15/h1-5,12-13H,6H2,(H,14,15)/b4-2+. The monoisotopic (exact) mass is 238 g/mol. The number of rotatable bonds is 4. The van der Waals surface area contributed by atoms with Gasteiger partial charge in [0.25, 0.3) is 0 Å². The number of carbonyl (C=O) groups excluding carboxylic acids is 1. The Kier molecular flexibility index (Phi) is 4.10. The highest BCUT2D eigenvalue weighted by atomic mass is 16.5. The zero-order chi connectivity index (χ0) is 12.8. The van der Waals surface area contributed by atoms with Crippen LogP contribution in [0.2, 0.25) is 0 Å². The van der Waals surface area contributed by atoms with E-state index in [0.717, 1.165) is 6.08 Å². The van der Waals surface area contributed by atoms with Crippen molar-refractivity contribution < 1.29 is 29.6 Å². The van der Waals surface area contributed by atoms with Gasteiger partial charge in [-0.25, -0.2) is 9.59 Å². The maximum absolute atomic E-state index is 11.0. The molecule has 0 aliphatic rings. The Labute approximate surface area is 96.4 Å². The van der Waals surface area contributed by atoms with Crippen molar-refractivity contribution in [3.8, 4) is 11.5 Å². The fourth-order valence-electron chi connectivity index (χ4n) is 0.989. The number of carboxylic acids is 1. The second-order valence-corrected chi connectivity index (χ2v) is 3.08. The molecule has 0 unspecified atom stereocenters. The lowest BCUT2D eigenvalue weighted by atomic mass is 10.2. The van der Waals surface area contributed by atoms with E-state index in [2.05, 4.69) is 4.74 Å². The predicted molar refractivity (Wildman–Crippen MR) is 57.4 cm³/mol. The zero-order valence-electron chi connectivity index (χ0n) is 8.66. The number of carbonyl (C=O) groups is 2. The molecule has 3 N–H and O–H groups in total. The number of benzene rings is 1. The summed E-state index contributed by atoms with van der Waals surface area (Å²) < 4.78 is 4.34. The molecule has 0 aromatic heterocycles. The summed E-state index contributed by atoms with van der Waals surface area (Å²) in [6, 6.07) is 3.98. The number of phenolic OH excluding ortho intramolecular Hbond substituents is 2. The highest BCUT2D eigenvalue weighted by Gasteiger charge is 2.02.